The smallest absolute Gasteiger partial charge is 0.223 e. The Kier molecular flexibility index (Phi) is 2.64. The van der Waals surface area contributed by atoms with E-state index in [1.807, 2.05) is 30.5 Å². The molecule has 0 unspecified atom stereocenters. The number of hydrogen-bond acceptors (Lipinski definition) is 6. The molecule has 6 heteroatoms. The fourth-order valence-corrected chi connectivity index (χ4v) is 2.53. The number of nitrogens with zero attached hydrogens (tertiary/aromatic N) is 2. The van der Waals surface area contributed by atoms with E-state index in [1.165, 1.54) is 0 Å². The summed E-state index contributed by atoms with van der Waals surface area (Å²) in [6, 6.07) is 5.86. The number of nitrogens with two attached hydrogens (primary N) is 1. The zero-order valence-corrected chi connectivity index (χ0v) is 10.6. The molecule has 0 saturated carbocycles. The molecule has 0 spiro atoms. The van der Waals surface area contributed by atoms with Gasteiger partial charge in [0, 0.05) is 0 Å². The number of anilines is 2. The van der Waals surface area contributed by atoms with Crippen LogP contribution in [-0.4, -0.2) is 9.97 Å². The Morgan fingerprint density at radius 3 is 3.00 bits per heavy atom. The van der Waals surface area contributed by atoms with Gasteiger partial charge < -0.3 is 15.5 Å². The molecular weight excluding hydrogens is 248 g/mol. The molecule has 18 heavy (non-hydrogen) atoms. The molecule has 0 radical (unpaired) electrons. The monoisotopic (exact) mass is 260 g/mol. The number of thiophene rings is 1. The van der Waals surface area contributed by atoms with E-state index in [2.05, 4.69) is 15.3 Å². The molecule has 92 valence electrons. The molecule has 0 aliphatic carbocycles. The SMILES string of the molecule is Cc1ccc(CNc2nc(N)nc3sccc23)o1. The molecule has 0 fully saturated rings. The van der Waals surface area contributed by atoms with Crippen molar-refractivity contribution in [3.05, 3.63) is 35.1 Å². The molecule has 3 rings (SSSR count). The number of aromatic nitrogens is 2. The molecule has 0 saturated heterocycles. The lowest BCUT2D eigenvalue weighted by molar-refractivity contribution is 0.490. The van der Waals surface area contributed by atoms with Crippen LogP contribution in [0.25, 0.3) is 10.2 Å². The Balaban J connectivity index is 1.87. The Bertz CT molecular complexity index is 688. The van der Waals surface area contributed by atoms with Crippen LogP contribution in [-0.2, 0) is 6.54 Å². The van der Waals surface area contributed by atoms with Gasteiger partial charge in [-0.15, -0.1) is 11.3 Å². The van der Waals surface area contributed by atoms with E-state index in [9.17, 15) is 0 Å². The van der Waals surface area contributed by atoms with E-state index in [4.69, 9.17) is 10.2 Å². The highest BCUT2D eigenvalue weighted by molar-refractivity contribution is 7.16. The maximum Gasteiger partial charge on any atom is 0.223 e. The summed E-state index contributed by atoms with van der Waals surface area (Å²) in [7, 11) is 0. The maximum atomic E-state index is 5.68. The summed E-state index contributed by atoms with van der Waals surface area (Å²) in [5, 5.41) is 6.18. The summed E-state index contributed by atoms with van der Waals surface area (Å²) < 4.78 is 5.49. The number of furan rings is 1. The summed E-state index contributed by atoms with van der Waals surface area (Å²) in [6.07, 6.45) is 0. The lowest BCUT2D eigenvalue weighted by atomic mass is 10.3. The van der Waals surface area contributed by atoms with Crippen LogP contribution >= 0.6 is 11.3 Å². The van der Waals surface area contributed by atoms with Crippen LogP contribution in [0.15, 0.2) is 28.0 Å². The highest BCUT2D eigenvalue weighted by Gasteiger charge is 2.07. The van der Waals surface area contributed by atoms with Crippen molar-refractivity contribution < 1.29 is 4.42 Å². The molecule has 0 aliphatic heterocycles. The summed E-state index contributed by atoms with van der Waals surface area (Å²) in [6.45, 7) is 2.50. The summed E-state index contributed by atoms with van der Waals surface area (Å²) in [4.78, 5) is 9.28. The molecular formula is C12H12N4OS. The minimum absolute atomic E-state index is 0.281. The van der Waals surface area contributed by atoms with Gasteiger partial charge in [-0.05, 0) is 30.5 Å². The van der Waals surface area contributed by atoms with Crippen molar-refractivity contribution in [1.29, 1.82) is 0 Å². The van der Waals surface area contributed by atoms with Crippen LogP contribution < -0.4 is 11.1 Å². The number of nitrogens with one attached hydrogen (secondary N) is 1. The zero-order chi connectivity index (χ0) is 12.5. The van der Waals surface area contributed by atoms with Gasteiger partial charge in [0.15, 0.2) is 0 Å². The van der Waals surface area contributed by atoms with E-state index in [0.717, 1.165) is 27.6 Å². The van der Waals surface area contributed by atoms with E-state index in [0.29, 0.717) is 6.54 Å². The zero-order valence-electron chi connectivity index (χ0n) is 9.80. The highest BCUT2D eigenvalue weighted by atomic mass is 32.1. The fraction of sp³-hybridized carbons (Fsp3) is 0.167. The van der Waals surface area contributed by atoms with Crippen LogP contribution in [0.3, 0.4) is 0 Å². The number of nitrogen functional groups attached to an aromatic ring is 1. The van der Waals surface area contributed by atoms with Crippen LogP contribution in [0.1, 0.15) is 11.5 Å². The second-order valence-corrected chi connectivity index (χ2v) is 4.83. The average Bonchev–Trinajstić information content (AvgIpc) is 2.94. The summed E-state index contributed by atoms with van der Waals surface area (Å²) in [5.74, 6) is 2.79. The number of hydrogen-bond donors (Lipinski definition) is 2. The van der Waals surface area contributed by atoms with Crippen molar-refractivity contribution in [2.45, 2.75) is 13.5 Å². The topological polar surface area (TPSA) is 77.0 Å². The van der Waals surface area contributed by atoms with Crippen LogP contribution in [0.4, 0.5) is 11.8 Å². The van der Waals surface area contributed by atoms with Gasteiger partial charge in [-0.2, -0.15) is 4.98 Å². The van der Waals surface area contributed by atoms with Crippen molar-refractivity contribution in [1.82, 2.24) is 9.97 Å². The minimum Gasteiger partial charge on any atom is -0.465 e. The molecule has 0 aliphatic rings. The Labute approximate surface area is 108 Å². The molecule has 3 N–H and O–H groups in total. The van der Waals surface area contributed by atoms with Crippen LogP contribution in [0.5, 0.6) is 0 Å². The van der Waals surface area contributed by atoms with Crippen molar-refractivity contribution in [3.63, 3.8) is 0 Å². The van der Waals surface area contributed by atoms with Crippen molar-refractivity contribution in [2.75, 3.05) is 11.1 Å². The normalized spacial score (nSPS) is 10.9. The summed E-state index contributed by atoms with van der Waals surface area (Å²) in [5.41, 5.74) is 5.68. The lowest BCUT2D eigenvalue weighted by Gasteiger charge is -2.05. The largest absolute Gasteiger partial charge is 0.465 e. The van der Waals surface area contributed by atoms with E-state index in [1.54, 1.807) is 11.3 Å². The van der Waals surface area contributed by atoms with E-state index >= 15 is 0 Å². The van der Waals surface area contributed by atoms with E-state index < -0.39 is 0 Å². The third-order valence-corrected chi connectivity index (χ3v) is 3.38. The Morgan fingerprint density at radius 2 is 2.22 bits per heavy atom. The first-order valence-electron chi connectivity index (χ1n) is 5.52. The molecule has 0 amide bonds. The first-order valence-corrected chi connectivity index (χ1v) is 6.40. The van der Waals surface area contributed by atoms with Gasteiger partial charge >= 0.3 is 0 Å². The molecule has 0 atom stereocenters. The predicted octanol–water partition coefficient (Wildman–Crippen LogP) is 2.79. The first kappa shape index (κ1) is 11.0. The van der Waals surface area contributed by atoms with Crippen molar-refractivity contribution >= 4 is 33.3 Å². The van der Waals surface area contributed by atoms with Gasteiger partial charge in [0.05, 0.1) is 11.9 Å². The number of rotatable bonds is 3. The number of aryl methyl sites for hydroxylation is 1. The van der Waals surface area contributed by atoms with Gasteiger partial charge in [0.1, 0.15) is 22.2 Å². The Morgan fingerprint density at radius 1 is 1.33 bits per heavy atom. The third kappa shape index (κ3) is 2.02. The molecule has 3 aromatic heterocycles. The molecule has 3 aromatic rings. The second kappa shape index (κ2) is 4.30. The van der Waals surface area contributed by atoms with Gasteiger partial charge in [-0.3, -0.25) is 0 Å². The lowest BCUT2D eigenvalue weighted by Crippen LogP contribution is -2.04. The van der Waals surface area contributed by atoms with Gasteiger partial charge in [-0.1, -0.05) is 0 Å². The summed E-state index contributed by atoms with van der Waals surface area (Å²) >= 11 is 1.55. The van der Waals surface area contributed by atoms with Crippen molar-refractivity contribution in [3.8, 4) is 0 Å². The maximum absolute atomic E-state index is 5.68. The molecule has 3 heterocycles. The molecule has 5 nitrogen and oxygen atoms in total. The highest BCUT2D eigenvalue weighted by Crippen LogP contribution is 2.26. The fourth-order valence-electron chi connectivity index (χ4n) is 1.76. The first-order chi connectivity index (χ1) is 8.72. The standard InChI is InChI=1S/C12H12N4OS/c1-7-2-3-8(17-7)6-14-10-9-4-5-18-11(9)16-12(13)15-10/h2-5H,6H2,1H3,(H3,13,14,15,16). The van der Waals surface area contributed by atoms with Crippen LogP contribution in [0.2, 0.25) is 0 Å². The van der Waals surface area contributed by atoms with Crippen LogP contribution in [0, 0.1) is 6.92 Å². The number of fused-ring (bicyclic) bond motifs is 1. The van der Waals surface area contributed by atoms with Gasteiger partial charge in [0.2, 0.25) is 5.95 Å². The average molecular weight is 260 g/mol. The second-order valence-electron chi connectivity index (χ2n) is 3.94. The molecule has 0 aromatic carbocycles. The Hall–Kier alpha value is -2.08. The van der Waals surface area contributed by atoms with E-state index in [-0.39, 0.29) is 5.95 Å². The quantitative estimate of drug-likeness (QED) is 0.757. The van der Waals surface area contributed by atoms with Gasteiger partial charge in [0.25, 0.3) is 0 Å². The predicted molar refractivity (Wildman–Crippen MR) is 72.6 cm³/mol. The molecule has 0 bridgehead atoms. The van der Waals surface area contributed by atoms with Gasteiger partial charge in [-0.25, -0.2) is 4.98 Å². The third-order valence-electron chi connectivity index (χ3n) is 2.57. The van der Waals surface area contributed by atoms with Crippen molar-refractivity contribution in [2.24, 2.45) is 0 Å². The minimum atomic E-state index is 0.281.